The Kier molecular flexibility index (Phi) is 5.24. The van der Waals surface area contributed by atoms with Gasteiger partial charge in [0.05, 0.1) is 29.4 Å². The van der Waals surface area contributed by atoms with Gasteiger partial charge in [0.25, 0.3) is 0 Å². The molecule has 2 heterocycles. The number of nitrogens with zero attached hydrogens (tertiary/aromatic N) is 1. The third kappa shape index (κ3) is 3.83. The second kappa shape index (κ2) is 6.49. The highest BCUT2D eigenvalue weighted by molar-refractivity contribution is 7.17. The van der Waals surface area contributed by atoms with Crippen molar-refractivity contribution in [3.8, 4) is 0 Å². The van der Waals surface area contributed by atoms with Crippen molar-refractivity contribution in [2.75, 3.05) is 31.2 Å². The SMILES string of the molecule is Cc1sc(N2CCOCC2)cc1B(O)OC(C)(C)C(C)(C)O. The molecule has 2 N–H and O–H groups in total. The molecule has 1 aromatic heterocycles. The minimum Gasteiger partial charge on any atom is -0.423 e. The van der Waals surface area contributed by atoms with E-state index >= 15 is 0 Å². The van der Waals surface area contributed by atoms with Crippen LogP contribution in [0.3, 0.4) is 0 Å². The summed E-state index contributed by atoms with van der Waals surface area (Å²) in [5, 5.41) is 21.7. The van der Waals surface area contributed by atoms with E-state index in [-0.39, 0.29) is 0 Å². The van der Waals surface area contributed by atoms with E-state index in [0.717, 1.165) is 41.6 Å². The topological polar surface area (TPSA) is 62.2 Å². The van der Waals surface area contributed by atoms with Crippen LogP contribution < -0.4 is 10.4 Å². The molecule has 124 valence electrons. The van der Waals surface area contributed by atoms with Crippen molar-refractivity contribution < 1.29 is 19.5 Å². The molecule has 0 unspecified atom stereocenters. The summed E-state index contributed by atoms with van der Waals surface area (Å²) in [6.45, 7) is 12.1. The van der Waals surface area contributed by atoms with Gasteiger partial charge in [-0.2, -0.15) is 0 Å². The number of hydrogen-bond donors (Lipinski definition) is 2. The molecule has 1 aliphatic heterocycles. The van der Waals surface area contributed by atoms with E-state index in [1.807, 2.05) is 13.0 Å². The van der Waals surface area contributed by atoms with Crippen molar-refractivity contribution in [1.29, 1.82) is 0 Å². The number of thiophene rings is 1. The molecular weight excluding hydrogens is 301 g/mol. The predicted molar refractivity (Wildman–Crippen MR) is 91.2 cm³/mol. The number of aryl methyl sites for hydroxylation is 1. The van der Waals surface area contributed by atoms with Gasteiger partial charge in [0.15, 0.2) is 0 Å². The first kappa shape index (κ1) is 17.8. The Balaban J connectivity index is 2.13. The summed E-state index contributed by atoms with van der Waals surface area (Å²) in [7, 11) is -1.05. The van der Waals surface area contributed by atoms with Gasteiger partial charge in [-0.3, -0.25) is 0 Å². The van der Waals surface area contributed by atoms with Crippen molar-refractivity contribution >= 4 is 28.9 Å². The van der Waals surface area contributed by atoms with Crippen LogP contribution >= 0.6 is 11.3 Å². The largest absolute Gasteiger partial charge is 0.492 e. The third-order valence-corrected chi connectivity index (χ3v) is 5.54. The van der Waals surface area contributed by atoms with E-state index in [4.69, 9.17) is 9.39 Å². The van der Waals surface area contributed by atoms with Crippen LogP contribution in [0.4, 0.5) is 5.00 Å². The van der Waals surface area contributed by atoms with Gasteiger partial charge < -0.3 is 24.4 Å². The molecule has 1 fully saturated rings. The van der Waals surface area contributed by atoms with Gasteiger partial charge in [0.2, 0.25) is 0 Å². The minimum atomic E-state index is -1.05. The molecule has 1 aliphatic rings. The predicted octanol–water partition coefficient (Wildman–Crippen LogP) is 1.15. The molecule has 0 aliphatic carbocycles. The quantitative estimate of drug-likeness (QED) is 0.795. The lowest BCUT2D eigenvalue weighted by atomic mass is 9.76. The molecule has 0 atom stereocenters. The summed E-state index contributed by atoms with van der Waals surface area (Å²) in [6, 6.07) is 1.98. The number of ether oxygens (including phenoxy) is 1. The van der Waals surface area contributed by atoms with Gasteiger partial charge >= 0.3 is 7.12 Å². The van der Waals surface area contributed by atoms with Crippen LogP contribution in [0, 0.1) is 6.92 Å². The molecule has 7 heteroatoms. The molecule has 0 radical (unpaired) electrons. The van der Waals surface area contributed by atoms with Gasteiger partial charge in [-0.1, -0.05) is 0 Å². The number of aliphatic hydroxyl groups is 1. The van der Waals surface area contributed by atoms with Gasteiger partial charge in [0.1, 0.15) is 0 Å². The van der Waals surface area contributed by atoms with Crippen LogP contribution in [-0.4, -0.2) is 54.8 Å². The maximum atomic E-state index is 10.4. The Morgan fingerprint density at radius 2 is 1.86 bits per heavy atom. The van der Waals surface area contributed by atoms with Gasteiger partial charge in [0, 0.05) is 18.0 Å². The van der Waals surface area contributed by atoms with E-state index in [2.05, 4.69) is 4.90 Å². The zero-order valence-corrected chi connectivity index (χ0v) is 14.9. The van der Waals surface area contributed by atoms with E-state index in [1.165, 1.54) is 0 Å². The van der Waals surface area contributed by atoms with Crippen molar-refractivity contribution in [1.82, 2.24) is 0 Å². The van der Waals surface area contributed by atoms with E-state index in [1.54, 1.807) is 39.0 Å². The fourth-order valence-corrected chi connectivity index (χ4v) is 3.24. The summed E-state index contributed by atoms with van der Waals surface area (Å²) >= 11 is 1.65. The van der Waals surface area contributed by atoms with E-state index in [9.17, 15) is 10.1 Å². The van der Waals surface area contributed by atoms with Crippen LogP contribution in [-0.2, 0) is 9.39 Å². The number of rotatable bonds is 5. The summed E-state index contributed by atoms with van der Waals surface area (Å²) < 4.78 is 11.1. The molecule has 1 aromatic rings. The minimum absolute atomic E-state index is 0.733. The van der Waals surface area contributed by atoms with Crippen LogP contribution in [0.25, 0.3) is 0 Å². The maximum absolute atomic E-state index is 10.4. The second-order valence-corrected chi connectivity index (χ2v) is 7.97. The molecule has 1 saturated heterocycles. The molecule has 2 rings (SSSR count). The Labute approximate surface area is 137 Å². The lowest BCUT2D eigenvalue weighted by Gasteiger charge is -2.38. The van der Waals surface area contributed by atoms with Crippen molar-refractivity contribution in [3.63, 3.8) is 0 Å². The van der Waals surface area contributed by atoms with Crippen LogP contribution in [0.15, 0.2) is 6.07 Å². The standard InChI is InChI=1S/C15H26BNO4S/c1-11-12(16(19)21-15(4,5)14(2,3)18)10-13(22-11)17-6-8-20-9-7-17/h10,18-19H,6-9H2,1-5H3. The third-order valence-electron chi connectivity index (χ3n) is 4.41. The highest BCUT2D eigenvalue weighted by Gasteiger charge is 2.40. The Morgan fingerprint density at radius 1 is 1.27 bits per heavy atom. The normalized spacial score (nSPS) is 17.0. The number of hydrogen-bond acceptors (Lipinski definition) is 6. The lowest BCUT2D eigenvalue weighted by molar-refractivity contribution is -0.0982. The summed E-state index contributed by atoms with van der Waals surface area (Å²) in [4.78, 5) is 3.29. The molecule has 0 aromatic carbocycles. The zero-order chi connectivity index (χ0) is 16.5. The molecule has 5 nitrogen and oxygen atoms in total. The first-order chi connectivity index (χ1) is 10.1. The Morgan fingerprint density at radius 3 is 2.41 bits per heavy atom. The zero-order valence-electron chi connectivity index (χ0n) is 14.0. The summed E-state index contributed by atoms with van der Waals surface area (Å²) in [5.74, 6) is 0. The monoisotopic (exact) mass is 327 g/mol. The molecule has 0 bridgehead atoms. The Hall–Kier alpha value is -0.595. The highest BCUT2D eigenvalue weighted by atomic mass is 32.1. The smallest absolute Gasteiger partial charge is 0.423 e. The Bertz CT molecular complexity index is 506. The van der Waals surface area contributed by atoms with Crippen LogP contribution in [0.1, 0.15) is 32.6 Å². The molecular formula is C15H26BNO4S. The van der Waals surface area contributed by atoms with Crippen molar-refractivity contribution in [3.05, 3.63) is 10.9 Å². The van der Waals surface area contributed by atoms with Gasteiger partial charge in [-0.15, -0.1) is 11.3 Å². The number of anilines is 1. The molecule has 0 amide bonds. The average Bonchev–Trinajstić information content (AvgIpc) is 2.80. The molecule has 0 saturated carbocycles. The highest BCUT2D eigenvalue weighted by Crippen LogP contribution is 2.28. The first-order valence-electron chi connectivity index (χ1n) is 7.63. The van der Waals surface area contributed by atoms with Crippen molar-refractivity contribution in [2.24, 2.45) is 0 Å². The van der Waals surface area contributed by atoms with Gasteiger partial charge in [-0.25, -0.2) is 0 Å². The summed E-state index contributed by atoms with van der Waals surface area (Å²) in [6.07, 6.45) is 0. The fourth-order valence-electron chi connectivity index (χ4n) is 2.15. The number of morpholine rings is 1. The fraction of sp³-hybridized carbons (Fsp3) is 0.733. The van der Waals surface area contributed by atoms with E-state index < -0.39 is 18.3 Å². The molecule has 0 spiro atoms. The second-order valence-electron chi connectivity index (χ2n) is 6.74. The summed E-state index contributed by atoms with van der Waals surface area (Å²) in [5.41, 5.74) is -1.14. The average molecular weight is 327 g/mol. The lowest BCUT2D eigenvalue weighted by Crippen LogP contribution is -2.53. The van der Waals surface area contributed by atoms with Crippen molar-refractivity contribution in [2.45, 2.75) is 45.8 Å². The van der Waals surface area contributed by atoms with Crippen LogP contribution in [0.5, 0.6) is 0 Å². The first-order valence-corrected chi connectivity index (χ1v) is 8.45. The van der Waals surface area contributed by atoms with Gasteiger partial charge in [-0.05, 0) is 46.1 Å². The van der Waals surface area contributed by atoms with E-state index in [0.29, 0.717) is 0 Å². The van der Waals surface area contributed by atoms with Crippen LogP contribution in [0.2, 0.25) is 0 Å². The molecule has 22 heavy (non-hydrogen) atoms. The maximum Gasteiger partial charge on any atom is 0.492 e.